The van der Waals surface area contributed by atoms with Crippen molar-refractivity contribution >= 4 is 11.8 Å². The molecule has 3 aromatic rings. The Morgan fingerprint density at radius 2 is 1.55 bits per heavy atom. The number of carbonyl (C=O) groups is 2. The highest BCUT2D eigenvalue weighted by Crippen LogP contribution is 2.43. The van der Waals surface area contributed by atoms with E-state index in [4.69, 9.17) is 4.74 Å². The minimum atomic E-state index is -0.662. The van der Waals surface area contributed by atoms with Crippen LogP contribution < -0.4 is 4.74 Å². The second-order valence-electron chi connectivity index (χ2n) is 11.2. The standard InChI is InChI=1S/C34H39FN2O3/c1-36-22-10-3-11-23-37(33(39)34(20-8-9-21-34)27-16-18-28(35)19-17-27)29(24-26-12-4-2-5-13-26)25-40-31-15-7-6-14-30(31)32(36)38/h2,4-7,12-19,29H,3,8-11,20-25H2,1H3/t29-/m1/s1. The summed E-state index contributed by atoms with van der Waals surface area (Å²) in [5.41, 5.74) is 1.91. The summed E-state index contributed by atoms with van der Waals surface area (Å²) in [7, 11) is 1.83. The fraction of sp³-hybridized carbons (Fsp3) is 0.412. The molecule has 210 valence electrons. The van der Waals surface area contributed by atoms with Crippen molar-refractivity contribution in [2.45, 2.75) is 62.8 Å². The average Bonchev–Trinajstić information content (AvgIpc) is 3.48. The molecule has 1 fully saturated rings. The number of ether oxygens (including phenoxy) is 1. The van der Waals surface area contributed by atoms with Gasteiger partial charge in [0, 0.05) is 20.1 Å². The van der Waals surface area contributed by atoms with Gasteiger partial charge in [0.05, 0.1) is 17.0 Å². The molecule has 3 aromatic carbocycles. The summed E-state index contributed by atoms with van der Waals surface area (Å²) >= 11 is 0. The van der Waals surface area contributed by atoms with E-state index in [2.05, 4.69) is 12.1 Å². The summed E-state index contributed by atoms with van der Waals surface area (Å²) in [6, 6.07) is 23.9. The van der Waals surface area contributed by atoms with E-state index < -0.39 is 5.41 Å². The van der Waals surface area contributed by atoms with Crippen LogP contribution in [0.5, 0.6) is 5.75 Å². The second-order valence-corrected chi connectivity index (χ2v) is 11.2. The highest BCUT2D eigenvalue weighted by Gasteiger charge is 2.46. The van der Waals surface area contributed by atoms with Crippen LogP contribution in [0.3, 0.4) is 0 Å². The Labute approximate surface area is 236 Å². The third-order valence-electron chi connectivity index (χ3n) is 8.57. The van der Waals surface area contributed by atoms with Crippen LogP contribution in [0.25, 0.3) is 0 Å². The summed E-state index contributed by atoms with van der Waals surface area (Å²) in [6.07, 6.45) is 6.71. The van der Waals surface area contributed by atoms with E-state index in [9.17, 15) is 14.0 Å². The van der Waals surface area contributed by atoms with Gasteiger partial charge in [-0.05, 0) is 73.9 Å². The van der Waals surface area contributed by atoms with E-state index in [0.29, 0.717) is 30.8 Å². The highest BCUT2D eigenvalue weighted by molar-refractivity contribution is 5.96. The number of fused-ring (bicyclic) bond motifs is 1. The number of carbonyl (C=O) groups excluding carboxylic acids is 2. The van der Waals surface area contributed by atoms with Crippen LogP contribution in [0.1, 0.15) is 66.4 Å². The van der Waals surface area contributed by atoms with Crippen molar-refractivity contribution in [1.29, 1.82) is 0 Å². The minimum absolute atomic E-state index is 0.0522. The van der Waals surface area contributed by atoms with Crippen LogP contribution >= 0.6 is 0 Å². The van der Waals surface area contributed by atoms with Crippen LogP contribution in [-0.4, -0.2) is 54.4 Å². The van der Waals surface area contributed by atoms with E-state index in [1.165, 1.54) is 12.1 Å². The van der Waals surface area contributed by atoms with Gasteiger partial charge in [-0.2, -0.15) is 0 Å². The monoisotopic (exact) mass is 542 g/mol. The van der Waals surface area contributed by atoms with E-state index in [-0.39, 0.29) is 30.3 Å². The fourth-order valence-electron chi connectivity index (χ4n) is 6.31. The molecule has 0 radical (unpaired) electrons. The maximum atomic E-state index is 14.8. The zero-order chi connectivity index (χ0) is 28.0. The smallest absolute Gasteiger partial charge is 0.257 e. The van der Waals surface area contributed by atoms with Gasteiger partial charge in [-0.25, -0.2) is 4.39 Å². The molecule has 0 bridgehead atoms. The number of hydrogen-bond acceptors (Lipinski definition) is 3. The third-order valence-corrected chi connectivity index (χ3v) is 8.57. The molecule has 1 heterocycles. The van der Waals surface area contributed by atoms with Crippen LogP contribution in [0.15, 0.2) is 78.9 Å². The molecule has 0 aromatic heterocycles. The summed E-state index contributed by atoms with van der Waals surface area (Å²) in [6.45, 7) is 1.53. The maximum Gasteiger partial charge on any atom is 0.257 e. The van der Waals surface area contributed by atoms with Crippen molar-refractivity contribution in [1.82, 2.24) is 9.80 Å². The molecule has 2 amide bonds. The number of para-hydroxylation sites is 1. The molecule has 0 spiro atoms. The molecule has 1 saturated carbocycles. The van der Waals surface area contributed by atoms with Gasteiger partial charge in [-0.3, -0.25) is 9.59 Å². The first-order valence-electron chi connectivity index (χ1n) is 14.6. The van der Waals surface area contributed by atoms with E-state index in [1.54, 1.807) is 17.0 Å². The lowest BCUT2D eigenvalue weighted by Crippen LogP contribution is -2.53. The van der Waals surface area contributed by atoms with E-state index >= 15 is 0 Å². The molecular formula is C34H39FN2O3. The topological polar surface area (TPSA) is 49.9 Å². The predicted molar refractivity (Wildman–Crippen MR) is 155 cm³/mol. The summed E-state index contributed by atoms with van der Waals surface area (Å²) < 4.78 is 20.3. The number of rotatable bonds is 4. The first-order valence-corrected chi connectivity index (χ1v) is 14.6. The lowest BCUT2D eigenvalue weighted by Gasteiger charge is -2.39. The summed E-state index contributed by atoms with van der Waals surface area (Å²) in [4.78, 5) is 31.8. The predicted octanol–water partition coefficient (Wildman–Crippen LogP) is 6.41. The van der Waals surface area contributed by atoms with Gasteiger partial charge in [0.2, 0.25) is 5.91 Å². The Morgan fingerprint density at radius 1 is 0.875 bits per heavy atom. The Balaban J connectivity index is 1.53. The van der Waals surface area contributed by atoms with Gasteiger partial charge in [-0.15, -0.1) is 0 Å². The fourth-order valence-corrected chi connectivity index (χ4v) is 6.31. The zero-order valence-electron chi connectivity index (χ0n) is 23.4. The van der Waals surface area contributed by atoms with Gasteiger partial charge in [0.1, 0.15) is 18.2 Å². The second kappa shape index (κ2) is 12.7. The molecule has 0 N–H and O–H groups in total. The number of nitrogens with zero attached hydrogens (tertiary/aromatic N) is 2. The molecule has 6 heteroatoms. The SMILES string of the molecule is CN1CCCCCN(C(=O)C2(c3ccc(F)cc3)CCCC2)[C@H](Cc2ccccc2)COc2ccccc2C1=O. The van der Waals surface area contributed by atoms with Gasteiger partial charge in [0.25, 0.3) is 5.91 Å². The quantitative estimate of drug-likeness (QED) is 0.383. The van der Waals surface area contributed by atoms with E-state index in [0.717, 1.165) is 56.1 Å². The Morgan fingerprint density at radius 3 is 2.30 bits per heavy atom. The molecule has 2 aliphatic rings. The molecule has 1 atom stereocenters. The molecule has 0 saturated heterocycles. The Bertz CT molecular complexity index is 1290. The molecule has 0 unspecified atom stereocenters. The van der Waals surface area contributed by atoms with Crippen molar-refractivity contribution in [3.8, 4) is 5.75 Å². The molecule has 5 rings (SSSR count). The molecule has 40 heavy (non-hydrogen) atoms. The Hall–Kier alpha value is -3.67. The average molecular weight is 543 g/mol. The van der Waals surface area contributed by atoms with Crippen LogP contribution in [0.2, 0.25) is 0 Å². The Kier molecular flexibility index (Phi) is 8.83. The van der Waals surface area contributed by atoms with Crippen LogP contribution in [0, 0.1) is 5.82 Å². The van der Waals surface area contributed by atoms with E-state index in [1.807, 2.05) is 54.4 Å². The molecule has 1 aliphatic heterocycles. The van der Waals surface area contributed by atoms with Crippen molar-refractivity contribution in [3.05, 3.63) is 101 Å². The first kappa shape index (κ1) is 27.9. The number of halogens is 1. The van der Waals surface area contributed by atoms with Gasteiger partial charge in [0.15, 0.2) is 0 Å². The van der Waals surface area contributed by atoms with Crippen molar-refractivity contribution in [2.24, 2.45) is 0 Å². The zero-order valence-corrected chi connectivity index (χ0v) is 23.4. The maximum absolute atomic E-state index is 14.8. The van der Waals surface area contributed by atoms with Gasteiger partial charge < -0.3 is 14.5 Å². The number of benzene rings is 3. The number of amides is 2. The lowest BCUT2D eigenvalue weighted by molar-refractivity contribution is -0.140. The normalized spacial score (nSPS) is 20.1. The van der Waals surface area contributed by atoms with Crippen molar-refractivity contribution < 1.29 is 18.7 Å². The highest BCUT2D eigenvalue weighted by atomic mass is 19.1. The van der Waals surface area contributed by atoms with Crippen LogP contribution in [-0.2, 0) is 16.6 Å². The first-order chi connectivity index (χ1) is 19.5. The van der Waals surface area contributed by atoms with Crippen molar-refractivity contribution in [3.63, 3.8) is 0 Å². The van der Waals surface area contributed by atoms with Crippen molar-refractivity contribution in [2.75, 3.05) is 26.7 Å². The molecule has 1 aliphatic carbocycles. The molecular weight excluding hydrogens is 503 g/mol. The number of hydrogen-bond donors (Lipinski definition) is 0. The summed E-state index contributed by atoms with van der Waals surface area (Å²) in [5.74, 6) is 0.305. The van der Waals surface area contributed by atoms with Gasteiger partial charge >= 0.3 is 0 Å². The summed E-state index contributed by atoms with van der Waals surface area (Å²) in [5, 5.41) is 0. The van der Waals surface area contributed by atoms with Crippen LogP contribution in [0.4, 0.5) is 4.39 Å². The minimum Gasteiger partial charge on any atom is -0.491 e. The lowest BCUT2D eigenvalue weighted by atomic mass is 9.77. The van der Waals surface area contributed by atoms with Gasteiger partial charge in [-0.1, -0.05) is 67.4 Å². The molecule has 5 nitrogen and oxygen atoms in total. The third kappa shape index (κ3) is 6.06. The largest absolute Gasteiger partial charge is 0.491 e.